The Bertz CT molecular complexity index is 792. The van der Waals surface area contributed by atoms with Crippen LogP contribution in [0.25, 0.3) is 0 Å². The smallest absolute Gasteiger partial charge is 0.254 e. The lowest BCUT2D eigenvalue weighted by Crippen LogP contribution is -2.40. The molecule has 1 saturated heterocycles. The molecular weight excluding hydrogens is 304 g/mol. The molecular formula is C19H18N2O3. The van der Waals surface area contributed by atoms with E-state index in [9.17, 15) is 14.7 Å². The number of hydrazone groups is 1. The van der Waals surface area contributed by atoms with Crippen LogP contribution in [0.15, 0.2) is 35.5 Å². The van der Waals surface area contributed by atoms with Crippen LogP contribution in [-0.4, -0.2) is 28.1 Å². The van der Waals surface area contributed by atoms with Gasteiger partial charge in [-0.2, -0.15) is 10.1 Å². The van der Waals surface area contributed by atoms with Gasteiger partial charge in [0.25, 0.3) is 11.8 Å². The van der Waals surface area contributed by atoms with E-state index in [-0.39, 0.29) is 41.2 Å². The molecule has 6 rings (SSSR count). The van der Waals surface area contributed by atoms with E-state index < -0.39 is 0 Å². The van der Waals surface area contributed by atoms with Gasteiger partial charge in [-0.05, 0) is 49.1 Å². The molecule has 5 heteroatoms. The number of aromatic hydroxyl groups is 1. The van der Waals surface area contributed by atoms with Crippen LogP contribution in [0.2, 0.25) is 0 Å². The lowest BCUT2D eigenvalue weighted by molar-refractivity contribution is -0.140. The first-order valence-electron chi connectivity index (χ1n) is 8.46. The molecule has 122 valence electrons. The fraction of sp³-hybridized carbons (Fsp3) is 0.421. The summed E-state index contributed by atoms with van der Waals surface area (Å²) in [5.74, 6) is 0.826. The number of phenols is 1. The third-order valence-corrected chi connectivity index (χ3v) is 6.13. The van der Waals surface area contributed by atoms with Crippen molar-refractivity contribution in [1.82, 2.24) is 5.01 Å². The predicted octanol–water partition coefficient (Wildman–Crippen LogP) is 2.09. The predicted molar refractivity (Wildman–Crippen MR) is 87.0 cm³/mol. The van der Waals surface area contributed by atoms with Crippen molar-refractivity contribution in [2.75, 3.05) is 0 Å². The molecule has 3 fully saturated rings. The second-order valence-electron chi connectivity index (χ2n) is 7.45. The number of amides is 2. The van der Waals surface area contributed by atoms with Crippen LogP contribution in [0, 0.1) is 42.4 Å². The van der Waals surface area contributed by atoms with Crippen molar-refractivity contribution in [3.8, 4) is 5.75 Å². The molecule has 2 saturated carbocycles. The number of benzene rings is 1. The van der Waals surface area contributed by atoms with Crippen LogP contribution in [-0.2, 0) is 9.59 Å². The van der Waals surface area contributed by atoms with E-state index in [1.807, 2.05) is 6.92 Å². The summed E-state index contributed by atoms with van der Waals surface area (Å²) in [5, 5.41) is 15.1. The molecule has 5 aliphatic rings. The topological polar surface area (TPSA) is 70.0 Å². The summed E-state index contributed by atoms with van der Waals surface area (Å²) in [6.45, 7) is 1.91. The van der Waals surface area contributed by atoms with E-state index in [1.54, 1.807) is 18.2 Å². The van der Waals surface area contributed by atoms with Crippen LogP contribution in [0.5, 0.6) is 5.75 Å². The third kappa shape index (κ3) is 1.72. The molecule has 1 aromatic rings. The number of imide groups is 1. The Labute approximate surface area is 139 Å². The van der Waals surface area contributed by atoms with Crippen molar-refractivity contribution in [2.24, 2.45) is 40.6 Å². The standard InChI is InChI=1S/C19H18N2O3/c1-9-2-5-15(22)10(6-9)8-20-21-18(23)16-11-3-4-12(14-7-13(11)14)17(16)19(21)24/h2-6,8,11-14,16-17,22H,7H2,1H3/b20-8-/t11-,12-,13-,14+,16-,17+/m0/s1. The first-order chi connectivity index (χ1) is 11.6. The molecule has 6 atom stereocenters. The molecule has 2 amide bonds. The number of allylic oxidation sites excluding steroid dienone is 2. The van der Waals surface area contributed by atoms with Gasteiger partial charge in [-0.1, -0.05) is 23.8 Å². The van der Waals surface area contributed by atoms with Gasteiger partial charge in [0, 0.05) is 5.56 Å². The van der Waals surface area contributed by atoms with Crippen molar-refractivity contribution >= 4 is 18.0 Å². The molecule has 1 N–H and O–H groups in total. The number of rotatable bonds is 2. The first-order valence-corrected chi connectivity index (χ1v) is 8.46. The van der Waals surface area contributed by atoms with E-state index >= 15 is 0 Å². The number of nitrogens with zero attached hydrogens (tertiary/aromatic N) is 2. The largest absolute Gasteiger partial charge is 0.507 e. The normalized spacial score (nSPS) is 38.8. The third-order valence-electron chi connectivity index (χ3n) is 6.13. The maximum absolute atomic E-state index is 12.8. The molecule has 2 bridgehead atoms. The Morgan fingerprint density at radius 3 is 2.38 bits per heavy atom. The highest BCUT2D eigenvalue weighted by atomic mass is 16.3. The van der Waals surface area contributed by atoms with Gasteiger partial charge in [-0.3, -0.25) is 9.59 Å². The van der Waals surface area contributed by atoms with E-state index in [2.05, 4.69) is 17.3 Å². The van der Waals surface area contributed by atoms with Crippen molar-refractivity contribution in [3.05, 3.63) is 41.5 Å². The van der Waals surface area contributed by atoms with Gasteiger partial charge in [0.05, 0.1) is 18.1 Å². The van der Waals surface area contributed by atoms with Gasteiger partial charge in [-0.25, -0.2) is 0 Å². The highest BCUT2D eigenvalue weighted by Crippen LogP contribution is 2.65. The minimum absolute atomic E-state index is 0.0869. The fourth-order valence-electron chi connectivity index (χ4n) is 4.95. The van der Waals surface area contributed by atoms with Gasteiger partial charge in [0.1, 0.15) is 5.75 Å². The van der Waals surface area contributed by atoms with Crippen LogP contribution >= 0.6 is 0 Å². The average Bonchev–Trinajstić information content (AvgIpc) is 3.35. The van der Waals surface area contributed by atoms with Crippen molar-refractivity contribution < 1.29 is 14.7 Å². The van der Waals surface area contributed by atoms with E-state index in [0.29, 0.717) is 17.4 Å². The van der Waals surface area contributed by atoms with Gasteiger partial charge < -0.3 is 5.11 Å². The maximum Gasteiger partial charge on any atom is 0.254 e. The van der Waals surface area contributed by atoms with E-state index in [4.69, 9.17) is 0 Å². The average molecular weight is 322 g/mol. The summed E-state index contributed by atoms with van der Waals surface area (Å²) in [4.78, 5) is 25.5. The van der Waals surface area contributed by atoms with Crippen LogP contribution in [0.1, 0.15) is 17.5 Å². The van der Waals surface area contributed by atoms with Crippen LogP contribution in [0.3, 0.4) is 0 Å². The SMILES string of the molecule is Cc1ccc(O)c(/C=N\N2C(=O)[C@@H]3[C@H]4C=C[C@@H]([C@@H]5C[C@H]45)[C@@H]3C2=O)c1. The Hall–Kier alpha value is -2.43. The van der Waals surface area contributed by atoms with Crippen molar-refractivity contribution in [1.29, 1.82) is 0 Å². The number of aryl methyl sites for hydroxylation is 1. The van der Waals surface area contributed by atoms with Crippen molar-refractivity contribution in [3.63, 3.8) is 0 Å². The molecule has 0 unspecified atom stereocenters. The first kappa shape index (κ1) is 14.0. The summed E-state index contributed by atoms with van der Waals surface area (Å²) in [6, 6.07) is 5.15. The maximum atomic E-state index is 12.8. The van der Waals surface area contributed by atoms with Crippen molar-refractivity contribution in [2.45, 2.75) is 13.3 Å². The second kappa shape index (κ2) is 4.56. The molecule has 0 spiro atoms. The summed E-state index contributed by atoms with van der Waals surface area (Å²) in [5.41, 5.74) is 1.48. The van der Waals surface area contributed by atoms with E-state index in [1.165, 1.54) is 6.21 Å². The molecule has 0 radical (unpaired) electrons. The minimum Gasteiger partial charge on any atom is -0.507 e. The zero-order valence-corrected chi connectivity index (χ0v) is 13.3. The molecule has 5 nitrogen and oxygen atoms in total. The van der Waals surface area contributed by atoms with Gasteiger partial charge >= 0.3 is 0 Å². The Morgan fingerprint density at radius 2 is 1.75 bits per heavy atom. The summed E-state index contributed by atoms with van der Waals surface area (Å²) >= 11 is 0. The molecule has 4 aliphatic carbocycles. The number of carbonyl (C=O) groups excluding carboxylic acids is 2. The lowest BCUT2D eigenvalue weighted by atomic mass is 9.63. The summed E-state index contributed by atoms with van der Waals surface area (Å²) in [6.07, 6.45) is 6.84. The molecule has 24 heavy (non-hydrogen) atoms. The molecule has 1 aromatic carbocycles. The quantitative estimate of drug-likeness (QED) is 0.515. The monoisotopic (exact) mass is 322 g/mol. The molecule has 1 aliphatic heterocycles. The lowest BCUT2D eigenvalue weighted by Gasteiger charge is -2.37. The van der Waals surface area contributed by atoms with Crippen LogP contribution < -0.4 is 0 Å². The number of phenolic OH excluding ortho intramolecular Hbond substituents is 1. The fourth-order valence-corrected chi connectivity index (χ4v) is 4.95. The van der Waals surface area contributed by atoms with Gasteiger partial charge in [-0.15, -0.1) is 0 Å². The highest BCUT2D eigenvalue weighted by Gasteiger charge is 2.67. The number of hydrogen-bond acceptors (Lipinski definition) is 4. The van der Waals surface area contributed by atoms with E-state index in [0.717, 1.165) is 17.0 Å². The summed E-state index contributed by atoms with van der Waals surface area (Å²) in [7, 11) is 0. The Balaban J connectivity index is 1.46. The van der Waals surface area contributed by atoms with Gasteiger partial charge in [0.15, 0.2) is 0 Å². The zero-order chi connectivity index (χ0) is 16.6. The molecule has 0 aromatic heterocycles. The second-order valence-corrected chi connectivity index (χ2v) is 7.45. The Morgan fingerprint density at radius 1 is 1.12 bits per heavy atom. The molecule has 1 heterocycles. The number of hydrogen-bond donors (Lipinski definition) is 1. The van der Waals surface area contributed by atoms with Gasteiger partial charge in [0.2, 0.25) is 0 Å². The summed E-state index contributed by atoms with van der Waals surface area (Å²) < 4.78 is 0. The van der Waals surface area contributed by atoms with Crippen LogP contribution in [0.4, 0.5) is 0 Å². The highest BCUT2D eigenvalue weighted by molar-refractivity contribution is 6.06. The minimum atomic E-state index is -0.237. The number of carbonyl (C=O) groups is 2. The zero-order valence-electron chi connectivity index (χ0n) is 13.3. The Kier molecular flexibility index (Phi) is 2.65.